The Morgan fingerprint density at radius 3 is 2.25 bits per heavy atom. The molecule has 0 saturated heterocycles. The molecular formula is C21H23NO2. The van der Waals surface area contributed by atoms with Crippen LogP contribution in [0.5, 0.6) is 0 Å². The van der Waals surface area contributed by atoms with Crippen LogP contribution in [-0.2, 0) is 11.3 Å². The van der Waals surface area contributed by atoms with E-state index in [1.54, 1.807) is 0 Å². The highest BCUT2D eigenvalue weighted by Crippen LogP contribution is 2.12. The van der Waals surface area contributed by atoms with Gasteiger partial charge in [0.1, 0.15) is 5.60 Å². The van der Waals surface area contributed by atoms with E-state index < -0.39 is 11.7 Å². The van der Waals surface area contributed by atoms with E-state index in [4.69, 9.17) is 4.74 Å². The van der Waals surface area contributed by atoms with Gasteiger partial charge in [0, 0.05) is 11.6 Å². The molecular weight excluding hydrogens is 298 g/mol. The predicted molar refractivity (Wildman–Crippen MR) is 96.3 cm³/mol. The molecule has 0 aliphatic heterocycles. The lowest BCUT2D eigenvalue weighted by molar-refractivity contribution is 0.0341. The first-order valence-electron chi connectivity index (χ1n) is 7.96. The molecule has 0 aliphatic rings. The molecule has 2 aromatic carbocycles. The van der Waals surface area contributed by atoms with Crippen molar-refractivity contribution in [3.8, 4) is 12.0 Å². The summed E-state index contributed by atoms with van der Waals surface area (Å²) in [7, 11) is 0. The second-order valence-corrected chi connectivity index (χ2v) is 6.65. The van der Waals surface area contributed by atoms with E-state index in [1.807, 2.05) is 82.3 Å². The van der Waals surface area contributed by atoms with E-state index in [0.717, 1.165) is 11.1 Å². The van der Waals surface area contributed by atoms with Gasteiger partial charge in [-0.2, -0.15) is 0 Å². The number of carbonyl (C=O) groups is 1. The van der Waals surface area contributed by atoms with Crippen LogP contribution in [0.2, 0.25) is 0 Å². The fourth-order valence-corrected chi connectivity index (χ4v) is 2.00. The number of aryl methyl sites for hydroxylation is 1. The third-order valence-electron chi connectivity index (χ3n) is 3.18. The first-order chi connectivity index (χ1) is 11.3. The number of amides is 1. The molecule has 124 valence electrons. The fourth-order valence-electron chi connectivity index (χ4n) is 2.00. The number of nitrogens with zero attached hydrogens (tertiary/aromatic N) is 1. The molecule has 0 aliphatic carbocycles. The van der Waals surface area contributed by atoms with Gasteiger partial charge in [0.15, 0.2) is 0 Å². The highest BCUT2D eigenvalue weighted by molar-refractivity contribution is 5.70. The Morgan fingerprint density at radius 2 is 1.67 bits per heavy atom. The van der Waals surface area contributed by atoms with Crippen LogP contribution in [0.3, 0.4) is 0 Å². The Hall–Kier alpha value is -2.73. The first-order valence-corrected chi connectivity index (χ1v) is 7.96. The molecule has 2 aromatic rings. The highest BCUT2D eigenvalue weighted by Gasteiger charge is 2.21. The van der Waals surface area contributed by atoms with Crippen LogP contribution in [0.1, 0.15) is 37.5 Å². The van der Waals surface area contributed by atoms with Crippen LogP contribution in [0, 0.1) is 18.9 Å². The number of rotatable bonds is 2. The number of ether oxygens (including phenoxy) is 1. The van der Waals surface area contributed by atoms with Crippen molar-refractivity contribution in [3.63, 3.8) is 0 Å². The van der Waals surface area contributed by atoms with Crippen LogP contribution in [0.25, 0.3) is 0 Å². The Bertz CT molecular complexity index is 731. The summed E-state index contributed by atoms with van der Waals surface area (Å²) in [6.07, 6.45) is -0.439. The van der Waals surface area contributed by atoms with Gasteiger partial charge in [0.2, 0.25) is 0 Å². The van der Waals surface area contributed by atoms with Crippen LogP contribution in [0.4, 0.5) is 4.79 Å². The summed E-state index contributed by atoms with van der Waals surface area (Å²) < 4.78 is 5.46. The zero-order valence-electron chi connectivity index (χ0n) is 14.7. The van der Waals surface area contributed by atoms with Gasteiger partial charge in [-0.25, -0.2) is 9.69 Å². The fraction of sp³-hybridized carbons (Fsp3) is 0.286. The van der Waals surface area contributed by atoms with Crippen molar-refractivity contribution in [2.45, 2.75) is 39.8 Å². The van der Waals surface area contributed by atoms with Gasteiger partial charge >= 0.3 is 6.09 Å². The molecule has 0 saturated carbocycles. The molecule has 0 atom stereocenters. The molecule has 2 rings (SSSR count). The van der Waals surface area contributed by atoms with E-state index in [-0.39, 0.29) is 0 Å². The molecule has 24 heavy (non-hydrogen) atoms. The summed E-state index contributed by atoms with van der Waals surface area (Å²) in [5, 5.41) is 0. The number of benzene rings is 2. The van der Waals surface area contributed by atoms with Crippen LogP contribution >= 0.6 is 0 Å². The van der Waals surface area contributed by atoms with Crippen molar-refractivity contribution in [3.05, 3.63) is 71.3 Å². The Labute approximate surface area is 144 Å². The van der Waals surface area contributed by atoms with Crippen molar-refractivity contribution >= 4 is 6.09 Å². The third-order valence-corrected chi connectivity index (χ3v) is 3.18. The van der Waals surface area contributed by atoms with Gasteiger partial charge in [-0.05, 0) is 51.3 Å². The van der Waals surface area contributed by atoms with Gasteiger partial charge in [-0.3, -0.25) is 0 Å². The lowest BCUT2D eigenvalue weighted by Gasteiger charge is -2.23. The first kappa shape index (κ1) is 17.6. The molecule has 0 bridgehead atoms. The quantitative estimate of drug-likeness (QED) is 0.590. The summed E-state index contributed by atoms with van der Waals surface area (Å²) in [5.74, 6) is 3.03. The van der Waals surface area contributed by atoms with E-state index >= 15 is 0 Å². The van der Waals surface area contributed by atoms with Crippen molar-refractivity contribution in [1.82, 2.24) is 4.90 Å². The smallest absolute Gasteiger partial charge is 0.422 e. The van der Waals surface area contributed by atoms with Crippen molar-refractivity contribution < 1.29 is 9.53 Å². The SMILES string of the molecule is Cc1ccc(C#CN(Cc2ccccc2)C(=O)OC(C)(C)C)cc1. The van der Waals surface area contributed by atoms with Crippen LogP contribution < -0.4 is 0 Å². The summed E-state index contributed by atoms with van der Waals surface area (Å²) in [6.45, 7) is 7.95. The third kappa shape index (κ3) is 5.81. The molecule has 0 unspecified atom stereocenters. The van der Waals surface area contributed by atoms with Crippen molar-refractivity contribution in [1.29, 1.82) is 0 Å². The maximum absolute atomic E-state index is 12.4. The average molecular weight is 321 g/mol. The standard InChI is InChI=1S/C21H23NO2/c1-17-10-12-18(13-11-17)14-15-22(20(23)24-21(2,3)4)16-19-8-6-5-7-9-19/h5-13H,16H2,1-4H3. The summed E-state index contributed by atoms with van der Waals surface area (Å²) >= 11 is 0. The van der Waals surface area contributed by atoms with E-state index in [1.165, 1.54) is 10.5 Å². The maximum atomic E-state index is 12.4. The number of hydrogen-bond donors (Lipinski definition) is 0. The molecule has 3 heteroatoms. The van der Waals surface area contributed by atoms with Gasteiger partial charge in [0.05, 0.1) is 6.54 Å². The second-order valence-electron chi connectivity index (χ2n) is 6.65. The largest absolute Gasteiger partial charge is 0.443 e. The van der Waals surface area contributed by atoms with Crippen molar-refractivity contribution in [2.24, 2.45) is 0 Å². The van der Waals surface area contributed by atoms with Gasteiger partial charge in [-0.1, -0.05) is 48.0 Å². The molecule has 0 spiro atoms. The Kier molecular flexibility index (Phi) is 5.65. The van der Waals surface area contributed by atoms with Gasteiger partial charge in [0.25, 0.3) is 0 Å². The summed E-state index contributed by atoms with van der Waals surface area (Å²) in [5.41, 5.74) is 2.48. The molecule has 3 nitrogen and oxygen atoms in total. The monoisotopic (exact) mass is 321 g/mol. The Morgan fingerprint density at radius 1 is 1.04 bits per heavy atom. The highest BCUT2D eigenvalue weighted by atomic mass is 16.6. The lowest BCUT2D eigenvalue weighted by atomic mass is 10.2. The normalized spacial score (nSPS) is 10.5. The maximum Gasteiger partial charge on any atom is 0.422 e. The minimum atomic E-state index is -0.558. The van der Waals surface area contributed by atoms with Crippen LogP contribution in [0.15, 0.2) is 54.6 Å². The molecule has 0 aromatic heterocycles. The van der Waals surface area contributed by atoms with Crippen molar-refractivity contribution in [2.75, 3.05) is 0 Å². The number of hydrogen-bond acceptors (Lipinski definition) is 2. The second kappa shape index (κ2) is 7.70. The van der Waals surface area contributed by atoms with Gasteiger partial charge < -0.3 is 4.74 Å². The average Bonchev–Trinajstić information content (AvgIpc) is 2.52. The minimum Gasteiger partial charge on any atom is -0.443 e. The molecule has 0 radical (unpaired) electrons. The zero-order chi connectivity index (χ0) is 17.6. The summed E-state index contributed by atoms with van der Waals surface area (Å²) in [4.78, 5) is 13.9. The Balaban J connectivity index is 2.22. The molecule has 1 amide bonds. The number of carbonyl (C=O) groups excluding carboxylic acids is 1. The van der Waals surface area contributed by atoms with E-state index in [9.17, 15) is 4.79 Å². The molecule has 0 N–H and O–H groups in total. The minimum absolute atomic E-state index is 0.384. The lowest BCUT2D eigenvalue weighted by Crippen LogP contribution is -2.33. The molecule has 0 heterocycles. The van der Waals surface area contributed by atoms with Crippen LogP contribution in [-0.4, -0.2) is 16.6 Å². The van der Waals surface area contributed by atoms with E-state index in [0.29, 0.717) is 6.54 Å². The molecule has 0 fully saturated rings. The van der Waals surface area contributed by atoms with Gasteiger partial charge in [-0.15, -0.1) is 0 Å². The topological polar surface area (TPSA) is 29.5 Å². The zero-order valence-corrected chi connectivity index (χ0v) is 14.7. The predicted octanol–water partition coefficient (Wildman–Crippen LogP) is 4.74. The summed E-state index contributed by atoms with van der Waals surface area (Å²) in [6, 6.07) is 20.6. The van der Waals surface area contributed by atoms with E-state index in [2.05, 4.69) is 12.0 Å².